The molecule has 0 saturated carbocycles. The molecule has 4 aromatic rings. The van der Waals surface area contributed by atoms with Crippen LogP contribution in [0.2, 0.25) is 0 Å². The van der Waals surface area contributed by atoms with E-state index in [4.69, 9.17) is 5.73 Å². The summed E-state index contributed by atoms with van der Waals surface area (Å²) >= 11 is 0. The number of para-hydroxylation sites is 1. The van der Waals surface area contributed by atoms with Crippen molar-refractivity contribution in [1.82, 2.24) is 15.0 Å². The average Bonchev–Trinajstić information content (AvgIpc) is 3.04. The predicted octanol–water partition coefficient (Wildman–Crippen LogP) is 5.48. The van der Waals surface area contributed by atoms with Gasteiger partial charge in [0.15, 0.2) is 0 Å². The zero-order valence-electron chi connectivity index (χ0n) is 16.8. The van der Waals surface area contributed by atoms with Crippen LogP contribution in [0.15, 0.2) is 60.9 Å². The van der Waals surface area contributed by atoms with Crippen LogP contribution >= 0.6 is 0 Å². The molecule has 0 fully saturated rings. The van der Waals surface area contributed by atoms with Crippen LogP contribution in [0, 0.1) is 12.8 Å². The second-order valence-corrected chi connectivity index (χ2v) is 7.93. The van der Waals surface area contributed by atoms with Crippen LogP contribution in [0.5, 0.6) is 0 Å². The van der Waals surface area contributed by atoms with Crippen LogP contribution in [0.3, 0.4) is 0 Å². The summed E-state index contributed by atoms with van der Waals surface area (Å²) < 4.78 is 0. The maximum Gasteiger partial charge on any atom is 0.219 e. The number of nitrogens with two attached hydrogens (primary N) is 1. The van der Waals surface area contributed by atoms with E-state index in [1.165, 1.54) is 27.7 Å². The van der Waals surface area contributed by atoms with Crippen molar-refractivity contribution in [1.29, 1.82) is 0 Å². The fourth-order valence-electron chi connectivity index (χ4n) is 4.21. The third-order valence-electron chi connectivity index (χ3n) is 6.06. The minimum Gasteiger partial charge on any atom is -0.368 e. The Bertz CT molecular complexity index is 1110. The Kier molecular flexibility index (Phi) is 4.42. The maximum absolute atomic E-state index is 5.61. The van der Waals surface area contributed by atoms with E-state index >= 15 is 0 Å². The third-order valence-corrected chi connectivity index (χ3v) is 6.06. The van der Waals surface area contributed by atoms with E-state index in [-0.39, 0.29) is 5.41 Å². The number of hydrogen-bond donors (Lipinski definition) is 2. The molecule has 0 aliphatic heterocycles. The number of aryl methyl sites for hydroxylation is 1. The molecule has 4 heteroatoms. The van der Waals surface area contributed by atoms with Gasteiger partial charge >= 0.3 is 0 Å². The number of fused-ring (bicyclic) bond motifs is 1. The molecule has 0 spiro atoms. The molecule has 142 valence electrons. The van der Waals surface area contributed by atoms with Gasteiger partial charge in [0.05, 0.1) is 0 Å². The molecule has 0 bridgehead atoms. The number of rotatable bonds is 4. The largest absolute Gasteiger partial charge is 0.368 e. The maximum atomic E-state index is 5.61. The monoisotopic (exact) mass is 370 g/mol. The van der Waals surface area contributed by atoms with Crippen molar-refractivity contribution in [3.05, 3.63) is 77.7 Å². The van der Waals surface area contributed by atoms with Crippen LogP contribution < -0.4 is 5.73 Å². The number of hydrogen-bond acceptors (Lipinski definition) is 3. The summed E-state index contributed by atoms with van der Waals surface area (Å²) in [6.07, 6.45) is 3.53. The molecule has 2 aromatic carbocycles. The van der Waals surface area contributed by atoms with Crippen molar-refractivity contribution in [3.8, 4) is 11.1 Å². The fourth-order valence-corrected chi connectivity index (χ4v) is 4.21. The van der Waals surface area contributed by atoms with Crippen molar-refractivity contribution in [2.75, 3.05) is 5.73 Å². The average molecular weight is 371 g/mol. The van der Waals surface area contributed by atoms with Crippen molar-refractivity contribution in [2.24, 2.45) is 5.92 Å². The molecule has 0 saturated heterocycles. The predicted molar refractivity (Wildman–Crippen MR) is 116 cm³/mol. The first-order chi connectivity index (χ1) is 13.4. The first-order valence-corrected chi connectivity index (χ1v) is 9.67. The summed E-state index contributed by atoms with van der Waals surface area (Å²) in [5.41, 5.74) is 12.7. The molecule has 1 unspecified atom stereocenters. The summed E-state index contributed by atoms with van der Waals surface area (Å²) in [5, 5.41) is 1.30. The summed E-state index contributed by atoms with van der Waals surface area (Å²) in [6, 6.07) is 17.3. The molecule has 4 rings (SSSR count). The number of aromatic amines is 1. The van der Waals surface area contributed by atoms with Gasteiger partial charge in [-0.3, -0.25) is 0 Å². The van der Waals surface area contributed by atoms with Crippen molar-refractivity contribution < 1.29 is 0 Å². The standard InChI is InChI=1S/C24H26N4/c1-15(2)24(4,22-16(3)28-21-8-6-5-7-20(21)22)19-11-9-17(10-12-19)18-13-26-23(25)27-14-18/h5-15,28H,1-4H3,(H2,25,26,27). The highest BCUT2D eigenvalue weighted by Gasteiger charge is 2.36. The lowest BCUT2D eigenvalue weighted by atomic mass is 9.67. The van der Waals surface area contributed by atoms with Crippen LogP contribution in [0.4, 0.5) is 5.95 Å². The van der Waals surface area contributed by atoms with Gasteiger partial charge in [0.2, 0.25) is 5.95 Å². The molecule has 0 aliphatic rings. The molecular formula is C24H26N4. The van der Waals surface area contributed by atoms with Crippen LogP contribution in [0.25, 0.3) is 22.0 Å². The van der Waals surface area contributed by atoms with Gasteiger partial charge in [-0.2, -0.15) is 0 Å². The molecule has 1 atom stereocenters. The first kappa shape index (κ1) is 18.2. The Morgan fingerprint density at radius 3 is 2.21 bits per heavy atom. The molecule has 28 heavy (non-hydrogen) atoms. The third kappa shape index (κ3) is 2.85. The Balaban J connectivity index is 1.83. The Morgan fingerprint density at radius 2 is 1.57 bits per heavy atom. The molecular weight excluding hydrogens is 344 g/mol. The SMILES string of the molecule is Cc1[nH]c2ccccc2c1C(C)(c1ccc(-c2cnc(N)nc2)cc1)C(C)C. The molecule has 4 nitrogen and oxygen atoms in total. The smallest absolute Gasteiger partial charge is 0.219 e. The number of anilines is 1. The lowest BCUT2D eigenvalue weighted by Gasteiger charge is -2.35. The second kappa shape index (κ2) is 6.79. The number of nitrogens with one attached hydrogen (secondary N) is 1. The minimum atomic E-state index is -0.111. The zero-order valence-corrected chi connectivity index (χ0v) is 16.8. The second-order valence-electron chi connectivity index (χ2n) is 7.93. The normalized spacial score (nSPS) is 13.8. The van der Waals surface area contributed by atoms with Gasteiger partial charge in [-0.25, -0.2) is 9.97 Å². The highest BCUT2D eigenvalue weighted by atomic mass is 15.0. The lowest BCUT2D eigenvalue weighted by molar-refractivity contribution is 0.406. The van der Waals surface area contributed by atoms with Gasteiger partial charge in [-0.05, 0) is 35.6 Å². The molecule has 0 radical (unpaired) electrons. The summed E-state index contributed by atoms with van der Waals surface area (Å²) in [4.78, 5) is 11.8. The highest BCUT2D eigenvalue weighted by Crippen LogP contribution is 2.44. The van der Waals surface area contributed by atoms with Gasteiger partial charge in [-0.15, -0.1) is 0 Å². The minimum absolute atomic E-state index is 0.111. The number of H-pyrrole nitrogens is 1. The van der Waals surface area contributed by atoms with Crippen molar-refractivity contribution >= 4 is 16.9 Å². The van der Waals surface area contributed by atoms with Crippen LogP contribution in [-0.2, 0) is 5.41 Å². The Hall–Kier alpha value is -3.14. The summed E-state index contributed by atoms with van der Waals surface area (Å²) in [5.74, 6) is 0.721. The van der Waals surface area contributed by atoms with Gasteiger partial charge in [0, 0.05) is 40.0 Å². The van der Waals surface area contributed by atoms with Gasteiger partial charge < -0.3 is 10.7 Å². The summed E-state index contributed by atoms with van der Waals surface area (Å²) in [6.45, 7) is 9.11. The van der Waals surface area contributed by atoms with E-state index in [0.717, 1.165) is 11.1 Å². The van der Waals surface area contributed by atoms with E-state index in [9.17, 15) is 0 Å². The van der Waals surface area contributed by atoms with Crippen molar-refractivity contribution in [2.45, 2.75) is 33.1 Å². The molecule has 3 N–H and O–H groups in total. The quantitative estimate of drug-likeness (QED) is 0.500. The van der Waals surface area contributed by atoms with E-state index < -0.39 is 0 Å². The van der Waals surface area contributed by atoms with Gasteiger partial charge in [0.1, 0.15) is 0 Å². The topological polar surface area (TPSA) is 67.6 Å². The van der Waals surface area contributed by atoms with Crippen molar-refractivity contribution in [3.63, 3.8) is 0 Å². The number of nitrogens with zero attached hydrogens (tertiary/aromatic N) is 2. The lowest BCUT2D eigenvalue weighted by Crippen LogP contribution is -2.30. The van der Waals surface area contributed by atoms with Gasteiger partial charge in [-0.1, -0.05) is 63.2 Å². The summed E-state index contributed by atoms with van der Waals surface area (Å²) in [7, 11) is 0. The van der Waals surface area contributed by atoms with Crippen LogP contribution in [-0.4, -0.2) is 15.0 Å². The molecule has 2 aromatic heterocycles. The van der Waals surface area contributed by atoms with E-state index in [0.29, 0.717) is 11.9 Å². The fraction of sp³-hybridized carbons (Fsp3) is 0.250. The number of aromatic nitrogens is 3. The number of nitrogen functional groups attached to an aromatic ring is 1. The van der Waals surface area contributed by atoms with Gasteiger partial charge in [0.25, 0.3) is 0 Å². The molecule has 0 amide bonds. The van der Waals surface area contributed by atoms with E-state index in [1.807, 2.05) is 0 Å². The van der Waals surface area contributed by atoms with E-state index in [1.54, 1.807) is 12.4 Å². The number of benzene rings is 2. The van der Waals surface area contributed by atoms with E-state index in [2.05, 4.69) is 91.2 Å². The Morgan fingerprint density at radius 1 is 0.929 bits per heavy atom. The molecule has 2 heterocycles. The Labute approximate surface area is 165 Å². The highest BCUT2D eigenvalue weighted by molar-refractivity contribution is 5.86. The molecule has 0 aliphatic carbocycles. The first-order valence-electron chi connectivity index (χ1n) is 9.67. The zero-order chi connectivity index (χ0) is 19.9. The van der Waals surface area contributed by atoms with Crippen LogP contribution in [0.1, 0.15) is 37.6 Å².